The van der Waals surface area contributed by atoms with E-state index in [-0.39, 0.29) is 6.10 Å². The Labute approximate surface area is 90.9 Å². The molecule has 1 heterocycles. The van der Waals surface area contributed by atoms with E-state index in [1.54, 1.807) is 0 Å². The molecule has 2 nitrogen and oxygen atoms in total. The van der Waals surface area contributed by atoms with Crippen molar-refractivity contribution in [2.45, 2.75) is 45.3 Å². The van der Waals surface area contributed by atoms with Crippen molar-refractivity contribution in [3.05, 3.63) is 29.3 Å². The standard InChI is InChI=1S/C13H18O2/c1-9-4-5-12-10(6-9)7-11(15-12)8-13(2,3)14/h4-6,11,14H,7-8H2,1-3H3. The van der Waals surface area contributed by atoms with E-state index < -0.39 is 5.60 Å². The Bertz CT molecular complexity index is 363. The third kappa shape index (κ3) is 2.51. The first-order valence-corrected chi connectivity index (χ1v) is 5.43. The first kappa shape index (κ1) is 10.5. The number of aryl methyl sites for hydroxylation is 1. The molecular formula is C13H18O2. The van der Waals surface area contributed by atoms with Crippen LogP contribution in [0.15, 0.2) is 18.2 Å². The molecule has 1 N–H and O–H groups in total. The van der Waals surface area contributed by atoms with Gasteiger partial charge in [-0.1, -0.05) is 17.7 Å². The van der Waals surface area contributed by atoms with Gasteiger partial charge >= 0.3 is 0 Å². The smallest absolute Gasteiger partial charge is 0.123 e. The molecule has 1 aliphatic rings. The first-order valence-electron chi connectivity index (χ1n) is 5.43. The van der Waals surface area contributed by atoms with Crippen molar-refractivity contribution in [1.82, 2.24) is 0 Å². The maximum absolute atomic E-state index is 9.73. The van der Waals surface area contributed by atoms with Gasteiger partial charge < -0.3 is 9.84 Å². The SMILES string of the molecule is Cc1ccc2c(c1)CC(CC(C)(C)O)O2. The second-order valence-corrected chi connectivity index (χ2v) is 5.07. The molecule has 0 fully saturated rings. The zero-order valence-corrected chi connectivity index (χ0v) is 9.58. The van der Waals surface area contributed by atoms with E-state index in [2.05, 4.69) is 19.1 Å². The fourth-order valence-electron chi connectivity index (χ4n) is 2.12. The van der Waals surface area contributed by atoms with Crippen molar-refractivity contribution < 1.29 is 9.84 Å². The van der Waals surface area contributed by atoms with Gasteiger partial charge in [-0.25, -0.2) is 0 Å². The van der Waals surface area contributed by atoms with Gasteiger partial charge in [0, 0.05) is 12.8 Å². The highest BCUT2D eigenvalue weighted by Gasteiger charge is 2.28. The molecule has 0 amide bonds. The van der Waals surface area contributed by atoms with E-state index in [9.17, 15) is 5.11 Å². The molecule has 0 saturated carbocycles. The maximum atomic E-state index is 9.73. The third-order valence-electron chi connectivity index (χ3n) is 2.68. The Hall–Kier alpha value is -1.02. The Morgan fingerprint density at radius 1 is 1.47 bits per heavy atom. The second kappa shape index (κ2) is 3.53. The van der Waals surface area contributed by atoms with E-state index >= 15 is 0 Å². The Balaban J connectivity index is 2.09. The topological polar surface area (TPSA) is 29.5 Å². The molecule has 1 aliphatic heterocycles. The summed E-state index contributed by atoms with van der Waals surface area (Å²) in [5, 5.41) is 9.73. The van der Waals surface area contributed by atoms with Crippen molar-refractivity contribution in [2.75, 3.05) is 0 Å². The van der Waals surface area contributed by atoms with Crippen LogP contribution >= 0.6 is 0 Å². The van der Waals surface area contributed by atoms with Crippen LogP contribution in [0.5, 0.6) is 5.75 Å². The molecule has 0 bridgehead atoms. The number of fused-ring (bicyclic) bond motifs is 1. The minimum atomic E-state index is -0.651. The normalized spacial score (nSPS) is 19.9. The highest BCUT2D eigenvalue weighted by molar-refractivity contribution is 5.40. The Morgan fingerprint density at radius 2 is 2.20 bits per heavy atom. The molecule has 0 aromatic heterocycles. The van der Waals surface area contributed by atoms with Crippen molar-refractivity contribution in [3.63, 3.8) is 0 Å². The van der Waals surface area contributed by atoms with Gasteiger partial charge in [0.1, 0.15) is 11.9 Å². The van der Waals surface area contributed by atoms with Gasteiger partial charge in [0.25, 0.3) is 0 Å². The molecule has 1 aromatic rings. The summed E-state index contributed by atoms with van der Waals surface area (Å²) in [5.41, 5.74) is 1.88. The van der Waals surface area contributed by atoms with Gasteiger partial charge in [0.05, 0.1) is 5.60 Å². The van der Waals surface area contributed by atoms with Gasteiger partial charge in [0.2, 0.25) is 0 Å². The van der Waals surface area contributed by atoms with Gasteiger partial charge in [0.15, 0.2) is 0 Å². The van der Waals surface area contributed by atoms with E-state index in [1.165, 1.54) is 11.1 Å². The highest BCUT2D eigenvalue weighted by atomic mass is 16.5. The van der Waals surface area contributed by atoms with Crippen LogP contribution in [0.3, 0.4) is 0 Å². The Kier molecular flexibility index (Phi) is 2.47. The van der Waals surface area contributed by atoms with Crippen molar-refractivity contribution >= 4 is 0 Å². The zero-order valence-electron chi connectivity index (χ0n) is 9.58. The van der Waals surface area contributed by atoms with Crippen molar-refractivity contribution in [2.24, 2.45) is 0 Å². The summed E-state index contributed by atoms with van der Waals surface area (Å²) >= 11 is 0. The molecule has 1 atom stereocenters. The summed E-state index contributed by atoms with van der Waals surface area (Å²) in [6.07, 6.45) is 1.73. The quantitative estimate of drug-likeness (QED) is 0.805. The molecule has 0 aliphatic carbocycles. The fourth-order valence-corrected chi connectivity index (χ4v) is 2.12. The lowest BCUT2D eigenvalue weighted by atomic mass is 9.97. The van der Waals surface area contributed by atoms with Crippen LogP contribution < -0.4 is 4.74 Å². The minimum absolute atomic E-state index is 0.127. The fraction of sp³-hybridized carbons (Fsp3) is 0.538. The average molecular weight is 206 g/mol. The number of benzene rings is 1. The third-order valence-corrected chi connectivity index (χ3v) is 2.68. The van der Waals surface area contributed by atoms with Crippen LogP contribution in [0, 0.1) is 6.92 Å². The number of hydrogen-bond donors (Lipinski definition) is 1. The summed E-state index contributed by atoms with van der Waals surface area (Å²) in [6.45, 7) is 5.73. The molecule has 1 aromatic carbocycles. The number of aliphatic hydroxyl groups is 1. The second-order valence-electron chi connectivity index (χ2n) is 5.07. The molecule has 82 valence electrons. The lowest BCUT2D eigenvalue weighted by Gasteiger charge is -2.21. The van der Waals surface area contributed by atoms with E-state index in [4.69, 9.17) is 4.74 Å². The predicted octanol–water partition coefficient (Wildman–Crippen LogP) is 2.46. The van der Waals surface area contributed by atoms with Crippen LogP contribution in [0.4, 0.5) is 0 Å². The van der Waals surface area contributed by atoms with Crippen LogP contribution in [0.1, 0.15) is 31.4 Å². The zero-order chi connectivity index (χ0) is 11.1. The van der Waals surface area contributed by atoms with E-state index in [1.807, 2.05) is 19.9 Å². The van der Waals surface area contributed by atoms with Gasteiger partial charge in [-0.3, -0.25) is 0 Å². The van der Waals surface area contributed by atoms with Crippen LogP contribution in [0.2, 0.25) is 0 Å². The summed E-state index contributed by atoms with van der Waals surface area (Å²) in [6, 6.07) is 6.25. The molecule has 0 saturated heterocycles. The monoisotopic (exact) mass is 206 g/mol. The van der Waals surface area contributed by atoms with Crippen molar-refractivity contribution in [1.29, 1.82) is 0 Å². The van der Waals surface area contributed by atoms with E-state index in [0.717, 1.165) is 12.2 Å². The number of ether oxygens (including phenoxy) is 1. The molecule has 0 radical (unpaired) electrons. The van der Waals surface area contributed by atoms with Crippen LogP contribution in [0.25, 0.3) is 0 Å². The Morgan fingerprint density at radius 3 is 2.87 bits per heavy atom. The largest absolute Gasteiger partial charge is 0.490 e. The maximum Gasteiger partial charge on any atom is 0.123 e. The molecule has 0 spiro atoms. The molecule has 2 rings (SSSR count). The van der Waals surface area contributed by atoms with Crippen LogP contribution in [-0.4, -0.2) is 16.8 Å². The first-order chi connectivity index (χ1) is 6.94. The average Bonchev–Trinajstić information content (AvgIpc) is 2.42. The molecule has 2 heteroatoms. The predicted molar refractivity (Wildman–Crippen MR) is 60.2 cm³/mol. The highest BCUT2D eigenvalue weighted by Crippen LogP contribution is 2.32. The van der Waals surface area contributed by atoms with E-state index in [0.29, 0.717) is 6.42 Å². The van der Waals surface area contributed by atoms with Gasteiger partial charge in [-0.15, -0.1) is 0 Å². The summed E-state index contributed by atoms with van der Waals surface area (Å²) in [5.74, 6) is 0.981. The lowest BCUT2D eigenvalue weighted by Crippen LogP contribution is -2.28. The summed E-state index contributed by atoms with van der Waals surface area (Å²) in [7, 11) is 0. The van der Waals surface area contributed by atoms with Crippen molar-refractivity contribution in [3.8, 4) is 5.75 Å². The molecule has 1 unspecified atom stereocenters. The lowest BCUT2D eigenvalue weighted by molar-refractivity contribution is 0.0333. The summed E-state index contributed by atoms with van der Waals surface area (Å²) < 4.78 is 5.78. The number of hydrogen-bond acceptors (Lipinski definition) is 2. The molecular weight excluding hydrogens is 188 g/mol. The van der Waals surface area contributed by atoms with Gasteiger partial charge in [-0.2, -0.15) is 0 Å². The number of rotatable bonds is 2. The minimum Gasteiger partial charge on any atom is -0.490 e. The van der Waals surface area contributed by atoms with Crippen LogP contribution in [-0.2, 0) is 6.42 Å². The van der Waals surface area contributed by atoms with Gasteiger partial charge in [-0.05, 0) is 32.4 Å². The summed E-state index contributed by atoms with van der Waals surface area (Å²) in [4.78, 5) is 0. The molecule has 15 heavy (non-hydrogen) atoms.